The number of rotatable bonds is 5. The van der Waals surface area contributed by atoms with Crippen molar-refractivity contribution >= 4 is 5.82 Å². The van der Waals surface area contributed by atoms with Crippen LogP contribution in [0.5, 0.6) is 0 Å². The van der Waals surface area contributed by atoms with E-state index in [-0.39, 0.29) is 18.6 Å². The fourth-order valence-corrected chi connectivity index (χ4v) is 1.42. The minimum atomic E-state index is 0.179. The lowest BCUT2D eigenvalue weighted by atomic mass is 10.1. The highest BCUT2D eigenvalue weighted by molar-refractivity contribution is 5.37. The summed E-state index contributed by atoms with van der Waals surface area (Å²) in [6, 6.07) is 2.16. The molecule has 2 N–H and O–H groups in total. The van der Waals surface area contributed by atoms with Crippen LogP contribution in [-0.4, -0.2) is 27.7 Å². The van der Waals surface area contributed by atoms with E-state index in [2.05, 4.69) is 22.2 Å². The van der Waals surface area contributed by atoms with Crippen LogP contribution in [-0.2, 0) is 6.42 Å². The van der Waals surface area contributed by atoms with Gasteiger partial charge < -0.3 is 10.4 Å². The molecule has 0 spiro atoms. The second-order valence-corrected chi connectivity index (χ2v) is 4.24. The van der Waals surface area contributed by atoms with E-state index in [0.29, 0.717) is 0 Å². The summed E-state index contributed by atoms with van der Waals surface area (Å²) < 4.78 is 0. The summed E-state index contributed by atoms with van der Waals surface area (Å²) in [4.78, 5) is 8.66. The van der Waals surface area contributed by atoms with Gasteiger partial charge in [-0.2, -0.15) is 0 Å². The highest BCUT2D eigenvalue weighted by atomic mass is 16.3. The first-order chi connectivity index (χ1) is 7.56. The van der Waals surface area contributed by atoms with E-state index in [4.69, 9.17) is 5.11 Å². The Morgan fingerprint density at radius 3 is 2.62 bits per heavy atom. The molecule has 90 valence electrons. The zero-order valence-corrected chi connectivity index (χ0v) is 10.5. The molecular weight excluding hydrogens is 202 g/mol. The second kappa shape index (κ2) is 5.80. The number of aliphatic hydroxyl groups is 1. The van der Waals surface area contributed by atoms with Crippen molar-refractivity contribution in [2.45, 2.75) is 40.2 Å². The molecule has 0 saturated heterocycles. The van der Waals surface area contributed by atoms with Crippen LogP contribution in [0.3, 0.4) is 0 Å². The van der Waals surface area contributed by atoms with Crippen LogP contribution in [0.1, 0.15) is 32.3 Å². The van der Waals surface area contributed by atoms with Crippen molar-refractivity contribution in [3.8, 4) is 0 Å². The molecule has 1 aromatic heterocycles. The smallest absolute Gasteiger partial charge is 0.130 e. The highest BCUT2D eigenvalue weighted by Crippen LogP contribution is 2.12. The first-order valence-electron chi connectivity index (χ1n) is 5.78. The molecule has 2 atom stereocenters. The lowest BCUT2D eigenvalue weighted by molar-refractivity contribution is 0.226. The Hall–Kier alpha value is -1.16. The molecule has 0 aliphatic carbocycles. The Kier molecular flexibility index (Phi) is 4.68. The fraction of sp³-hybridized carbons (Fsp3) is 0.667. The SMILES string of the molecule is CCc1cc(NC(C)C(C)CO)nc(C)n1. The summed E-state index contributed by atoms with van der Waals surface area (Å²) in [5, 5.41) is 12.4. The van der Waals surface area contributed by atoms with Gasteiger partial charge in [0.05, 0.1) is 0 Å². The van der Waals surface area contributed by atoms with Gasteiger partial charge in [0.15, 0.2) is 0 Å². The van der Waals surface area contributed by atoms with E-state index in [1.165, 1.54) is 0 Å². The summed E-state index contributed by atoms with van der Waals surface area (Å²) in [5.41, 5.74) is 1.04. The van der Waals surface area contributed by atoms with Gasteiger partial charge >= 0.3 is 0 Å². The third kappa shape index (κ3) is 3.45. The van der Waals surface area contributed by atoms with E-state index in [1.807, 2.05) is 26.8 Å². The number of anilines is 1. The second-order valence-electron chi connectivity index (χ2n) is 4.24. The van der Waals surface area contributed by atoms with Crippen molar-refractivity contribution in [1.29, 1.82) is 0 Å². The zero-order chi connectivity index (χ0) is 12.1. The quantitative estimate of drug-likeness (QED) is 0.799. The third-order valence-electron chi connectivity index (χ3n) is 2.77. The molecule has 1 heterocycles. The lowest BCUT2D eigenvalue weighted by Crippen LogP contribution is -2.26. The van der Waals surface area contributed by atoms with E-state index in [9.17, 15) is 0 Å². The van der Waals surface area contributed by atoms with Gasteiger partial charge in [0, 0.05) is 24.4 Å². The number of aromatic nitrogens is 2. The third-order valence-corrected chi connectivity index (χ3v) is 2.77. The summed E-state index contributed by atoms with van der Waals surface area (Å²) in [5.74, 6) is 1.84. The molecule has 2 unspecified atom stereocenters. The molecule has 1 rings (SSSR count). The van der Waals surface area contributed by atoms with Crippen LogP contribution in [0.4, 0.5) is 5.82 Å². The van der Waals surface area contributed by atoms with E-state index < -0.39 is 0 Å². The van der Waals surface area contributed by atoms with Crippen molar-refractivity contribution in [3.63, 3.8) is 0 Å². The minimum absolute atomic E-state index is 0.179. The number of aliphatic hydroxyl groups excluding tert-OH is 1. The number of aryl methyl sites for hydroxylation is 2. The van der Waals surface area contributed by atoms with Crippen molar-refractivity contribution in [2.24, 2.45) is 5.92 Å². The number of hydrogen-bond donors (Lipinski definition) is 2. The maximum absolute atomic E-state index is 9.07. The van der Waals surface area contributed by atoms with Crippen LogP contribution in [0, 0.1) is 12.8 Å². The number of nitrogens with one attached hydrogen (secondary N) is 1. The molecule has 16 heavy (non-hydrogen) atoms. The predicted octanol–water partition coefficient (Wildman–Crippen LogP) is 1.78. The van der Waals surface area contributed by atoms with Crippen molar-refractivity contribution < 1.29 is 5.11 Å². The number of nitrogens with zero attached hydrogens (tertiary/aromatic N) is 2. The summed E-state index contributed by atoms with van der Waals surface area (Å²) >= 11 is 0. The maximum atomic E-state index is 9.07. The topological polar surface area (TPSA) is 58.0 Å². The van der Waals surface area contributed by atoms with Crippen molar-refractivity contribution in [3.05, 3.63) is 17.6 Å². The van der Waals surface area contributed by atoms with Gasteiger partial charge in [-0.3, -0.25) is 0 Å². The largest absolute Gasteiger partial charge is 0.396 e. The van der Waals surface area contributed by atoms with Crippen LogP contribution in [0.25, 0.3) is 0 Å². The van der Waals surface area contributed by atoms with Crippen molar-refractivity contribution in [2.75, 3.05) is 11.9 Å². The average Bonchev–Trinajstić information content (AvgIpc) is 2.26. The summed E-state index contributed by atoms with van der Waals surface area (Å²) in [7, 11) is 0. The monoisotopic (exact) mass is 223 g/mol. The molecule has 0 bridgehead atoms. The molecule has 0 aliphatic rings. The van der Waals surface area contributed by atoms with E-state index in [0.717, 1.165) is 23.8 Å². The Morgan fingerprint density at radius 2 is 2.06 bits per heavy atom. The molecule has 0 aromatic carbocycles. The normalized spacial score (nSPS) is 14.6. The van der Waals surface area contributed by atoms with Gasteiger partial charge in [-0.15, -0.1) is 0 Å². The van der Waals surface area contributed by atoms with Gasteiger partial charge in [-0.1, -0.05) is 13.8 Å². The van der Waals surface area contributed by atoms with E-state index >= 15 is 0 Å². The molecule has 1 aromatic rings. The molecule has 0 amide bonds. The molecule has 4 heteroatoms. The van der Waals surface area contributed by atoms with Crippen LogP contribution in [0.2, 0.25) is 0 Å². The van der Waals surface area contributed by atoms with Gasteiger partial charge in [0.2, 0.25) is 0 Å². The first-order valence-corrected chi connectivity index (χ1v) is 5.78. The maximum Gasteiger partial charge on any atom is 0.130 e. The van der Waals surface area contributed by atoms with E-state index in [1.54, 1.807) is 0 Å². The van der Waals surface area contributed by atoms with Crippen LogP contribution in [0.15, 0.2) is 6.07 Å². The predicted molar refractivity (Wildman–Crippen MR) is 65.5 cm³/mol. The molecule has 0 aliphatic heterocycles. The summed E-state index contributed by atoms with van der Waals surface area (Å²) in [6.07, 6.45) is 0.905. The van der Waals surface area contributed by atoms with Crippen LogP contribution >= 0.6 is 0 Å². The van der Waals surface area contributed by atoms with Gasteiger partial charge in [-0.25, -0.2) is 9.97 Å². The zero-order valence-electron chi connectivity index (χ0n) is 10.5. The average molecular weight is 223 g/mol. The molecule has 0 fully saturated rings. The van der Waals surface area contributed by atoms with Gasteiger partial charge in [0.1, 0.15) is 11.6 Å². The van der Waals surface area contributed by atoms with Crippen molar-refractivity contribution in [1.82, 2.24) is 9.97 Å². The Labute approximate surface area is 97.1 Å². The molecule has 0 radical (unpaired) electrons. The Morgan fingerprint density at radius 1 is 1.38 bits per heavy atom. The van der Waals surface area contributed by atoms with Crippen LogP contribution < -0.4 is 5.32 Å². The summed E-state index contributed by atoms with van der Waals surface area (Å²) in [6.45, 7) is 8.20. The Bertz CT molecular complexity index is 341. The molecule has 0 saturated carbocycles. The molecule has 4 nitrogen and oxygen atoms in total. The fourth-order valence-electron chi connectivity index (χ4n) is 1.42. The highest BCUT2D eigenvalue weighted by Gasteiger charge is 2.11. The first kappa shape index (κ1) is 12.9. The number of hydrogen-bond acceptors (Lipinski definition) is 4. The lowest BCUT2D eigenvalue weighted by Gasteiger charge is -2.20. The minimum Gasteiger partial charge on any atom is -0.396 e. The standard InChI is InChI=1S/C12H21N3O/c1-5-11-6-12(15-10(4)14-11)13-9(3)8(2)7-16/h6,8-9,16H,5,7H2,1-4H3,(H,13,14,15). The molecular formula is C12H21N3O. The van der Waals surface area contributed by atoms with Gasteiger partial charge in [-0.05, 0) is 26.2 Å². The Balaban J connectivity index is 2.76. The van der Waals surface area contributed by atoms with Gasteiger partial charge in [0.25, 0.3) is 0 Å².